The van der Waals surface area contributed by atoms with E-state index in [1.54, 1.807) is 27.0 Å². The Hall–Kier alpha value is -2.17. The predicted octanol–water partition coefficient (Wildman–Crippen LogP) is 2.41. The number of pyridine rings is 1. The van der Waals surface area contributed by atoms with Crippen LogP contribution in [-0.2, 0) is 9.53 Å². The number of aryl methyl sites for hydroxylation is 1. The largest absolute Gasteiger partial charge is 0.453 e. The van der Waals surface area contributed by atoms with Crippen molar-refractivity contribution in [3.05, 3.63) is 35.8 Å². The van der Waals surface area contributed by atoms with Gasteiger partial charge >= 0.3 is 5.97 Å². The van der Waals surface area contributed by atoms with E-state index >= 15 is 0 Å². The number of hydrogen-bond acceptors (Lipinski definition) is 4. The molecule has 5 heteroatoms. The molecule has 0 spiro atoms. The second-order valence-corrected chi connectivity index (χ2v) is 5.77. The third-order valence-electron chi connectivity index (χ3n) is 3.08. The van der Waals surface area contributed by atoms with E-state index in [0.717, 1.165) is 5.69 Å². The van der Waals surface area contributed by atoms with Crippen LogP contribution in [0, 0.1) is 12.3 Å². The van der Waals surface area contributed by atoms with Crippen molar-refractivity contribution in [1.82, 2.24) is 9.38 Å². The van der Waals surface area contributed by atoms with Crippen molar-refractivity contribution in [2.45, 2.75) is 27.7 Å². The number of Topliss-reactive ketones (excluding diaryl/α,β-unsaturated/α-hetero) is 1. The van der Waals surface area contributed by atoms with Gasteiger partial charge in [0.2, 0.25) is 0 Å². The summed E-state index contributed by atoms with van der Waals surface area (Å²) in [7, 11) is 0. The van der Waals surface area contributed by atoms with Gasteiger partial charge in [-0.3, -0.25) is 4.79 Å². The van der Waals surface area contributed by atoms with Crippen LogP contribution < -0.4 is 0 Å². The molecule has 0 aliphatic carbocycles. The number of imidazole rings is 1. The van der Waals surface area contributed by atoms with Crippen LogP contribution in [0.1, 0.15) is 37.0 Å². The Morgan fingerprint density at radius 3 is 2.60 bits per heavy atom. The number of carbonyl (C=O) groups is 2. The molecule has 0 aliphatic rings. The van der Waals surface area contributed by atoms with Crippen molar-refractivity contribution in [1.29, 1.82) is 0 Å². The van der Waals surface area contributed by atoms with Crippen LogP contribution in [0.4, 0.5) is 0 Å². The van der Waals surface area contributed by atoms with Crippen molar-refractivity contribution in [3.63, 3.8) is 0 Å². The summed E-state index contributed by atoms with van der Waals surface area (Å²) in [5.41, 5.74) is 1.34. The maximum absolute atomic E-state index is 11.9. The second-order valence-electron chi connectivity index (χ2n) is 5.77. The van der Waals surface area contributed by atoms with Crippen LogP contribution in [0.3, 0.4) is 0 Å². The molecule has 0 bridgehead atoms. The zero-order valence-corrected chi connectivity index (χ0v) is 12.1. The number of ether oxygens (including phenoxy) is 1. The minimum Gasteiger partial charge on any atom is -0.453 e. The Bertz CT molecular complexity index is 665. The monoisotopic (exact) mass is 274 g/mol. The molecule has 0 amide bonds. The Balaban J connectivity index is 2.12. The average molecular weight is 274 g/mol. The van der Waals surface area contributed by atoms with E-state index in [0.29, 0.717) is 5.65 Å². The van der Waals surface area contributed by atoms with Crippen LogP contribution in [0.5, 0.6) is 0 Å². The molecule has 0 aromatic carbocycles. The molecule has 0 saturated heterocycles. The summed E-state index contributed by atoms with van der Waals surface area (Å²) in [5.74, 6) is -0.698. The molecule has 0 unspecified atom stereocenters. The third-order valence-corrected chi connectivity index (χ3v) is 3.08. The fourth-order valence-electron chi connectivity index (χ4n) is 1.67. The molecule has 5 nitrogen and oxygen atoms in total. The van der Waals surface area contributed by atoms with Gasteiger partial charge in [0.15, 0.2) is 18.1 Å². The van der Waals surface area contributed by atoms with Crippen LogP contribution in [0.15, 0.2) is 24.4 Å². The summed E-state index contributed by atoms with van der Waals surface area (Å²) >= 11 is 0. The fraction of sp³-hybridized carbons (Fsp3) is 0.400. The number of fused-ring (bicyclic) bond motifs is 1. The highest BCUT2D eigenvalue weighted by Crippen LogP contribution is 2.15. The maximum Gasteiger partial charge on any atom is 0.359 e. The Kier molecular flexibility index (Phi) is 3.61. The number of aromatic nitrogens is 2. The standard InChI is InChI=1S/C15H18N2O3/c1-10-6-5-7-13-16-11(8-17(10)13)14(19)20-9-12(18)15(2,3)4/h5-8H,9H2,1-4H3. The van der Waals surface area contributed by atoms with Crippen LogP contribution in [0.2, 0.25) is 0 Å². The molecule has 2 aromatic heterocycles. The van der Waals surface area contributed by atoms with E-state index in [1.807, 2.05) is 29.5 Å². The summed E-state index contributed by atoms with van der Waals surface area (Å²) in [5, 5.41) is 0. The zero-order chi connectivity index (χ0) is 14.9. The molecule has 0 fully saturated rings. The molecule has 2 aromatic rings. The molecule has 0 saturated carbocycles. The van der Waals surface area contributed by atoms with E-state index in [1.165, 1.54) is 0 Å². The Morgan fingerprint density at radius 1 is 1.30 bits per heavy atom. The lowest BCUT2D eigenvalue weighted by molar-refractivity contribution is -0.129. The minimum atomic E-state index is -0.578. The van der Waals surface area contributed by atoms with Crippen molar-refractivity contribution in [2.24, 2.45) is 5.41 Å². The first-order valence-electron chi connectivity index (χ1n) is 6.44. The van der Waals surface area contributed by atoms with Gasteiger partial charge < -0.3 is 9.14 Å². The Morgan fingerprint density at radius 2 is 2.00 bits per heavy atom. The number of rotatable bonds is 3. The highest BCUT2D eigenvalue weighted by Gasteiger charge is 2.23. The summed E-state index contributed by atoms with van der Waals surface area (Å²) < 4.78 is 6.83. The maximum atomic E-state index is 11.9. The molecule has 0 radical (unpaired) electrons. The van der Waals surface area contributed by atoms with E-state index in [4.69, 9.17) is 4.74 Å². The number of nitrogens with zero attached hydrogens (tertiary/aromatic N) is 2. The smallest absolute Gasteiger partial charge is 0.359 e. The lowest BCUT2D eigenvalue weighted by atomic mass is 9.91. The van der Waals surface area contributed by atoms with Crippen molar-refractivity contribution in [2.75, 3.05) is 6.61 Å². The molecule has 0 aliphatic heterocycles. The van der Waals surface area contributed by atoms with E-state index in [-0.39, 0.29) is 18.1 Å². The highest BCUT2D eigenvalue weighted by atomic mass is 16.5. The number of ketones is 1. The second kappa shape index (κ2) is 5.07. The normalized spacial score (nSPS) is 11.6. The topological polar surface area (TPSA) is 60.7 Å². The first-order valence-corrected chi connectivity index (χ1v) is 6.44. The SMILES string of the molecule is Cc1cccc2nc(C(=O)OCC(=O)C(C)(C)C)cn12. The Labute approximate surface area is 117 Å². The van der Waals surface area contributed by atoms with Gasteiger partial charge in [-0.15, -0.1) is 0 Å². The molecule has 0 atom stereocenters. The molecule has 2 heterocycles. The van der Waals surface area contributed by atoms with Gasteiger partial charge in [-0.05, 0) is 19.1 Å². The molecule has 0 N–H and O–H groups in total. The number of hydrogen-bond donors (Lipinski definition) is 0. The summed E-state index contributed by atoms with van der Waals surface area (Å²) in [6.07, 6.45) is 1.62. The van der Waals surface area contributed by atoms with Crippen LogP contribution in [-0.4, -0.2) is 27.7 Å². The summed E-state index contributed by atoms with van der Waals surface area (Å²) in [6.45, 7) is 7.06. The third kappa shape index (κ3) is 2.87. The summed E-state index contributed by atoms with van der Waals surface area (Å²) in [4.78, 5) is 27.8. The van der Waals surface area contributed by atoms with Gasteiger partial charge in [-0.2, -0.15) is 0 Å². The molecule has 20 heavy (non-hydrogen) atoms. The quantitative estimate of drug-likeness (QED) is 0.806. The predicted molar refractivity (Wildman–Crippen MR) is 74.7 cm³/mol. The minimum absolute atomic E-state index is 0.120. The fourth-order valence-corrected chi connectivity index (χ4v) is 1.67. The van der Waals surface area contributed by atoms with Gasteiger partial charge in [0, 0.05) is 17.3 Å². The zero-order valence-electron chi connectivity index (χ0n) is 12.1. The van der Waals surface area contributed by atoms with E-state index in [9.17, 15) is 9.59 Å². The van der Waals surface area contributed by atoms with Gasteiger partial charge in [-0.1, -0.05) is 26.8 Å². The highest BCUT2D eigenvalue weighted by molar-refractivity contribution is 5.91. The first-order chi connectivity index (χ1) is 9.29. The lowest BCUT2D eigenvalue weighted by Gasteiger charge is -2.15. The van der Waals surface area contributed by atoms with Gasteiger partial charge in [-0.25, -0.2) is 9.78 Å². The lowest BCUT2D eigenvalue weighted by Crippen LogP contribution is -2.26. The number of carbonyl (C=O) groups excluding carboxylic acids is 2. The first kappa shape index (κ1) is 14.2. The van der Waals surface area contributed by atoms with Gasteiger partial charge in [0.1, 0.15) is 5.65 Å². The van der Waals surface area contributed by atoms with Crippen molar-refractivity contribution in [3.8, 4) is 0 Å². The average Bonchev–Trinajstić information content (AvgIpc) is 2.79. The van der Waals surface area contributed by atoms with Gasteiger partial charge in [0.05, 0.1) is 0 Å². The molecule has 2 rings (SSSR count). The van der Waals surface area contributed by atoms with Crippen molar-refractivity contribution < 1.29 is 14.3 Å². The van der Waals surface area contributed by atoms with E-state index < -0.39 is 11.4 Å². The summed E-state index contributed by atoms with van der Waals surface area (Å²) in [6, 6.07) is 5.60. The number of esters is 1. The van der Waals surface area contributed by atoms with E-state index in [2.05, 4.69) is 4.98 Å². The van der Waals surface area contributed by atoms with Crippen LogP contribution >= 0.6 is 0 Å². The molecular weight excluding hydrogens is 256 g/mol. The van der Waals surface area contributed by atoms with Crippen LogP contribution in [0.25, 0.3) is 5.65 Å². The molecule has 106 valence electrons. The van der Waals surface area contributed by atoms with Crippen molar-refractivity contribution >= 4 is 17.4 Å². The molecular formula is C15H18N2O3. The van der Waals surface area contributed by atoms with Gasteiger partial charge in [0.25, 0.3) is 0 Å².